The number of aryl methyl sites for hydroxylation is 1. The van der Waals surface area contributed by atoms with Gasteiger partial charge in [0.1, 0.15) is 17.6 Å². The number of ether oxygens (including phenoxy) is 2. The molecule has 0 saturated carbocycles. The largest absolute Gasteiger partial charge is 0.494 e. The SMILES string of the molecule is CCNC(CCOc1ccc(F)c(C)c1)C(=O)OC. The molecule has 0 aromatic heterocycles. The number of rotatable bonds is 7. The van der Waals surface area contributed by atoms with Crippen LogP contribution in [0.5, 0.6) is 5.75 Å². The summed E-state index contributed by atoms with van der Waals surface area (Å²) < 4.78 is 23.3. The van der Waals surface area contributed by atoms with E-state index in [9.17, 15) is 9.18 Å². The maximum absolute atomic E-state index is 13.1. The molecule has 1 N–H and O–H groups in total. The Hall–Kier alpha value is -1.62. The van der Waals surface area contributed by atoms with Crippen molar-refractivity contribution in [1.82, 2.24) is 5.32 Å². The van der Waals surface area contributed by atoms with Crippen molar-refractivity contribution < 1.29 is 18.7 Å². The molecule has 0 amide bonds. The fourth-order valence-electron chi connectivity index (χ4n) is 1.69. The molecule has 0 radical (unpaired) electrons. The molecule has 0 aliphatic rings. The Morgan fingerprint density at radius 1 is 1.47 bits per heavy atom. The van der Waals surface area contributed by atoms with E-state index in [1.54, 1.807) is 19.1 Å². The van der Waals surface area contributed by atoms with Gasteiger partial charge in [-0.15, -0.1) is 0 Å². The number of likely N-dealkylation sites (N-methyl/N-ethyl adjacent to an activating group) is 1. The molecule has 0 aliphatic heterocycles. The molecule has 1 aromatic rings. The van der Waals surface area contributed by atoms with Crippen LogP contribution in [0, 0.1) is 12.7 Å². The molecule has 0 bridgehead atoms. The summed E-state index contributed by atoms with van der Waals surface area (Å²) in [6, 6.07) is 4.20. The molecule has 1 aromatic carbocycles. The third-order valence-electron chi connectivity index (χ3n) is 2.74. The van der Waals surface area contributed by atoms with Crippen LogP contribution >= 0.6 is 0 Å². The Morgan fingerprint density at radius 2 is 2.21 bits per heavy atom. The van der Waals surface area contributed by atoms with Gasteiger partial charge < -0.3 is 14.8 Å². The molecular weight excluding hydrogens is 249 g/mol. The highest BCUT2D eigenvalue weighted by Crippen LogP contribution is 2.16. The van der Waals surface area contributed by atoms with Crippen LogP contribution in [0.2, 0.25) is 0 Å². The van der Waals surface area contributed by atoms with Crippen molar-refractivity contribution in [1.29, 1.82) is 0 Å². The van der Waals surface area contributed by atoms with Crippen molar-refractivity contribution in [2.45, 2.75) is 26.3 Å². The normalized spacial score (nSPS) is 12.0. The predicted molar refractivity (Wildman–Crippen MR) is 70.7 cm³/mol. The molecule has 0 spiro atoms. The molecule has 1 atom stereocenters. The smallest absolute Gasteiger partial charge is 0.322 e. The first-order chi connectivity index (χ1) is 9.08. The number of carbonyl (C=O) groups excluding carboxylic acids is 1. The number of nitrogens with one attached hydrogen (secondary N) is 1. The molecule has 0 heterocycles. The van der Waals surface area contributed by atoms with E-state index in [0.717, 1.165) is 0 Å². The minimum absolute atomic E-state index is 0.257. The molecule has 0 fully saturated rings. The zero-order valence-corrected chi connectivity index (χ0v) is 11.5. The number of halogens is 1. The highest BCUT2D eigenvalue weighted by Gasteiger charge is 2.17. The maximum atomic E-state index is 13.1. The quantitative estimate of drug-likeness (QED) is 0.770. The van der Waals surface area contributed by atoms with Gasteiger partial charge in [0, 0.05) is 6.42 Å². The van der Waals surface area contributed by atoms with Crippen molar-refractivity contribution in [2.24, 2.45) is 0 Å². The van der Waals surface area contributed by atoms with Crippen molar-refractivity contribution in [2.75, 3.05) is 20.3 Å². The van der Waals surface area contributed by atoms with Crippen LogP contribution in [0.1, 0.15) is 18.9 Å². The second kappa shape index (κ2) is 7.74. The van der Waals surface area contributed by atoms with Gasteiger partial charge >= 0.3 is 5.97 Å². The summed E-state index contributed by atoms with van der Waals surface area (Å²) in [7, 11) is 1.36. The van der Waals surface area contributed by atoms with E-state index in [-0.39, 0.29) is 17.8 Å². The fraction of sp³-hybridized carbons (Fsp3) is 0.500. The summed E-state index contributed by atoms with van der Waals surface area (Å²) in [5.74, 6) is 0.0344. The van der Waals surface area contributed by atoms with Gasteiger partial charge in [0.25, 0.3) is 0 Å². The van der Waals surface area contributed by atoms with Gasteiger partial charge in [-0.05, 0) is 37.2 Å². The Labute approximate surface area is 112 Å². The van der Waals surface area contributed by atoms with E-state index in [0.29, 0.717) is 30.9 Å². The first-order valence-corrected chi connectivity index (χ1v) is 6.28. The lowest BCUT2D eigenvalue weighted by Gasteiger charge is -2.15. The third kappa shape index (κ3) is 4.87. The Morgan fingerprint density at radius 3 is 2.79 bits per heavy atom. The van der Waals surface area contributed by atoms with E-state index >= 15 is 0 Å². The van der Waals surface area contributed by atoms with E-state index < -0.39 is 0 Å². The number of benzene rings is 1. The van der Waals surface area contributed by atoms with Crippen LogP contribution in [-0.2, 0) is 9.53 Å². The number of carbonyl (C=O) groups is 1. The van der Waals surface area contributed by atoms with Crippen molar-refractivity contribution in [3.8, 4) is 5.75 Å². The molecule has 4 nitrogen and oxygen atoms in total. The number of hydrogen-bond donors (Lipinski definition) is 1. The van der Waals surface area contributed by atoms with Gasteiger partial charge in [-0.2, -0.15) is 0 Å². The highest BCUT2D eigenvalue weighted by molar-refractivity contribution is 5.75. The molecule has 1 rings (SSSR count). The summed E-state index contributed by atoms with van der Waals surface area (Å²) >= 11 is 0. The second-order valence-electron chi connectivity index (χ2n) is 4.18. The Bertz CT molecular complexity index is 423. The van der Waals surface area contributed by atoms with Gasteiger partial charge in [0.2, 0.25) is 0 Å². The standard InChI is InChI=1S/C14H20FNO3/c1-4-16-13(14(17)18-3)7-8-19-11-5-6-12(15)10(2)9-11/h5-6,9,13,16H,4,7-8H2,1-3H3. The molecular formula is C14H20FNO3. The fourth-order valence-corrected chi connectivity index (χ4v) is 1.69. The highest BCUT2D eigenvalue weighted by atomic mass is 19.1. The lowest BCUT2D eigenvalue weighted by atomic mass is 10.2. The zero-order valence-electron chi connectivity index (χ0n) is 11.5. The maximum Gasteiger partial charge on any atom is 0.322 e. The van der Waals surface area contributed by atoms with Gasteiger partial charge in [-0.3, -0.25) is 4.79 Å². The van der Waals surface area contributed by atoms with Crippen molar-refractivity contribution in [3.63, 3.8) is 0 Å². The molecule has 5 heteroatoms. The summed E-state index contributed by atoms with van der Waals surface area (Å²) in [6.45, 7) is 4.63. The van der Waals surface area contributed by atoms with Gasteiger partial charge in [0.05, 0.1) is 13.7 Å². The molecule has 1 unspecified atom stereocenters. The number of esters is 1. The molecule has 19 heavy (non-hydrogen) atoms. The number of hydrogen-bond acceptors (Lipinski definition) is 4. The minimum Gasteiger partial charge on any atom is -0.494 e. The van der Waals surface area contributed by atoms with E-state index in [2.05, 4.69) is 5.32 Å². The van der Waals surface area contributed by atoms with E-state index in [1.165, 1.54) is 13.2 Å². The summed E-state index contributed by atoms with van der Waals surface area (Å²) in [5.41, 5.74) is 0.536. The van der Waals surface area contributed by atoms with Crippen LogP contribution in [0.3, 0.4) is 0 Å². The Kier molecular flexibility index (Phi) is 6.29. The first-order valence-electron chi connectivity index (χ1n) is 6.28. The predicted octanol–water partition coefficient (Wildman–Crippen LogP) is 2.05. The Balaban J connectivity index is 2.47. The van der Waals surface area contributed by atoms with Crippen LogP contribution in [0.15, 0.2) is 18.2 Å². The lowest BCUT2D eigenvalue weighted by molar-refractivity contribution is -0.143. The average Bonchev–Trinajstić information content (AvgIpc) is 2.41. The van der Waals surface area contributed by atoms with Crippen LogP contribution in [0.25, 0.3) is 0 Å². The van der Waals surface area contributed by atoms with Gasteiger partial charge in [-0.25, -0.2) is 4.39 Å². The van der Waals surface area contributed by atoms with Crippen molar-refractivity contribution in [3.05, 3.63) is 29.6 Å². The van der Waals surface area contributed by atoms with E-state index in [4.69, 9.17) is 9.47 Å². The van der Waals surface area contributed by atoms with E-state index in [1.807, 2.05) is 6.92 Å². The topological polar surface area (TPSA) is 47.6 Å². The van der Waals surface area contributed by atoms with Crippen LogP contribution in [0.4, 0.5) is 4.39 Å². The molecule has 106 valence electrons. The summed E-state index contributed by atoms with van der Waals surface area (Å²) in [4.78, 5) is 11.5. The van der Waals surface area contributed by atoms with Crippen LogP contribution in [-0.4, -0.2) is 32.3 Å². The zero-order chi connectivity index (χ0) is 14.3. The average molecular weight is 269 g/mol. The third-order valence-corrected chi connectivity index (χ3v) is 2.74. The summed E-state index contributed by atoms with van der Waals surface area (Å²) in [5, 5.41) is 3.03. The van der Waals surface area contributed by atoms with Gasteiger partial charge in [0.15, 0.2) is 0 Å². The second-order valence-corrected chi connectivity index (χ2v) is 4.18. The lowest BCUT2D eigenvalue weighted by Crippen LogP contribution is -2.38. The van der Waals surface area contributed by atoms with Crippen LogP contribution < -0.4 is 10.1 Å². The monoisotopic (exact) mass is 269 g/mol. The first kappa shape index (κ1) is 15.4. The molecule has 0 aliphatic carbocycles. The molecule has 0 saturated heterocycles. The van der Waals surface area contributed by atoms with Crippen molar-refractivity contribution >= 4 is 5.97 Å². The minimum atomic E-state index is -0.378. The van der Waals surface area contributed by atoms with Gasteiger partial charge in [-0.1, -0.05) is 6.92 Å². The summed E-state index contributed by atoms with van der Waals surface area (Å²) in [6.07, 6.45) is 0.497. The number of methoxy groups -OCH3 is 1.